The molecular formula is C15H23NOS. The summed E-state index contributed by atoms with van der Waals surface area (Å²) >= 11 is 0. The van der Waals surface area contributed by atoms with Crippen LogP contribution in [-0.2, 0) is 10.8 Å². The average molecular weight is 265 g/mol. The molecule has 1 saturated carbocycles. The molecule has 100 valence electrons. The van der Waals surface area contributed by atoms with Crippen LogP contribution in [-0.4, -0.2) is 23.1 Å². The summed E-state index contributed by atoms with van der Waals surface area (Å²) in [7, 11) is 1.10. The topological polar surface area (TPSA) is 29.1 Å². The molecule has 0 radical (unpaired) electrons. The second-order valence-corrected chi connectivity index (χ2v) is 6.96. The van der Waals surface area contributed by atoms with Gasteiger partial charge in [-0.05, 0) is 49.4 Å². The Hall–Kier alpha value is -0.670. The number of hydrogen-bond acceptors (Lipinski definition) is 2. The summed E-state index contributed by atoms with van der Waals surface area (Å²) in [6.45, 7) is 4.35. The molecular weight excluding hydrogens is 242 g/mol. The molecule has 1 aromatic carbocycles. The molecule has 2 rings (SSSR count). The zero-order valence-corrected chi connectivity index (χ0v) is 12.3. The molecule has 0 amide bonds. The van der Waals surface area contributed by atoms with E-state index in [-0.39, 0.29) is 0 Å². The Kier molecular flexibility index (Phi) is 4.57. The SMILES string of the molecule is CNC(CS(=O)c1ccc(C(C)C)cc1)C1CC1. The van der Waals surface area contributed by atoms with Gasteiger partial charge in [0.05, 0.1) is 10.8 Å². The number of benzene rings is 1. The van der Waals surface area contributed by atoms with E-state index in [1.807, 2.05) is 19.2 Å². The zero-order valence-electron chi connectivity index (χ0n) is 11.5. The van der Waals surface area contributed by atoms with E-state index in [0.717, 1.165) is 16.6 Å². The standard InChI is InChI=1S/C15H23NOS/c1-11(2)12-6-8-14(9-7-12)18(17)10-15(16-3)13-4-5-13/h6-9,11,13,15-16H,4-5,10H2,1-3H3. The highest BCUT2D eigenvalue weighted by atomic mass is 32.2. The maximum absolute atomic E-state index is 12.3. The van der Waals surface area contributed by atoms with Crippen LogP contribution in [0.5, 0.6) is 0 Å². The van der Waals surface area contributed by atoms with Crippen molar-refractivity contribution >= 4 is 10.8 Å². The third kappa shape index (κ3) is 3.42. The lowest BCUT2D eigenvalue weighted by atomic mass is 10.0. The molecule has 0 bridgehead atoms. The van der Waals surface area contributed by atoms with E-state index in [1.165, 1.54) is 18.4 Å². The van der Waals surface area contributed by atoms with Crippen LogP contribution in [0.3, 0.4) is 0 Å². The molecule has 0 aliphatic heterocycles. The summed E-state index contributed by atoms with van der Waals surface area (Å²) in [4.78, 5) is 0.959. The van der Waals surface area contributed by atoms with Gasteiger partial charge in [0.15, 0.2) is 0 Å². The van der Waals surface area contributed by atoms with Crippen molar-refractivity contribution in [2.24, 2.45) is 5.92 Å². The van der Waals surface area contributed by atoms with E-state index in [1.54, 1.807) is 0 Å². The first kappa shape index (κ1) is 13.8. The van der Waals surface area contributed by atoms with Crippen LogP contribution >= 0.6 is 0 Å². The van der Waals surface area contributed by atoms with Gasteiger partial charge in [-0.15, -0.1) is 0 Å². The van der Waals surface area contributed by atoms with Crippen LogP contribution < -0.4 is 5.32 Å². The Morgan fingerprint density at radius 2 is 1.89 bits per heavy atom. The third-order valence-electron chi connectivity index (χ3n) is 3.70. The smallest absolute Gasteiger partial charge is 0.0545 e. The van der Waals surface area contributed by atoms with E-state index in [4.69, 9.17) is 0 Å². The van der Waals surface area contributed by atoms with E-state index < -0.39 is 10.8 Å². The molecule has 1 N–H and O–H groups in total. The highest BCUT2D eigenvalue weighted by Gasteiger charge is 2.31. The Morgan fingerprint density at radius 1 is 1.28 bits per heavy atom. The summed E-state index contributed by atoms with van der Waals surface area (Å²) in [6, 6.07) is 8.65. The van der Waals surface area contributed by atoms with E-state index in [9.17, 15) is 4.21 Å². The first-order chi connectivity index (χ1) is 8.61. The van der Waals surface area contributed by atoms with Crippen LogP contribution in [0.2, 0.25) is 0 Å². The van der Waals surface area contributed by atoms with Gasteiger partial charge in [0.2, 0.25) is 0 Å². The van der Waals surface area contributed by atoms with Crippen LogP contribution in [0.25, 0.3) is 0 Å². The van der Waals surface area contributed by atoms with Gasteiger partial charge in [-0.25, -0.2) is 0 Å². The van der Waals surface area contributed by atoms with Crippen molar-refractivity contribution in [1.29, 1.82) is 0 Å². The van der Waals surface area contributed by atoms with Gasteiger partial charge in [-0.3, -0.25) is 4.21 Å². The second kappa shape index (κ2) is 5.98. The Balaban J connectivity index is 1.99. The van der Waals surface area contributed by atoms with Crippen LogP contribution in [0.1, 0.15) is 38.2 Å². The molecule has 1 aromatic rings. The molecule has 18 heavy (non-hydrogen) atoms. The second-order valence-electron chi connectivity index (χ2n) is 5.47. The Morgan fingerprint density at radius 3 is 2.33 bits per heavy atom. The molecule has 1 aliphatic carbocycles. The van der Waals surface area contributed by atoms with Crippen molar-refractivity contribution in [2.45, 2.75) is 43.5 Å². The Labute approximate surface area is 113 Å². The van der Waals surface area contributed by atoms with Gasteiger partial charge >= 0.3 is 0 Å². The molecule has 2 unspecified atom stereocenters. The summed E-state index contributed by atoms with van der Waals surface area (Å²) in [5.41, 5.74) is 1.31. The first-order valence-corrected chi connectivity index (χ1v) is 8.09. The van der Waals surface area contributed by atoms with Crippen molar-refractivity contribution in [3.63, 3.8) is 0 Å². The Bertz CT molecular complexity index is 409. The van der Waals surface area contributed by atoms with Gasteiger partial charge in [0.25, 0.3) is 0 Å². The molecule has 1 fully saturated rings. The molecule has 0 heterocycles. The summed E-state index contributed by atoms with van der Waals surface area (Å²) < 4.78 is 12.3. The largest absolute Gasteiger partial charge is 0.316 e. The van der Waals surface area contributed by atoms with Crippen molar-refractivity contribution in [1.82, 2.24) is 5.32 Å². The van der Waals surface area contributed by atoms with Crippen molar-refractivity contribution in [3.8, 4) is 0 Å². The molecule has 3 heteroatoms. The predicted molar refractivity (Wildman–Crippen MR) is 77.4 cm³/mol. The van der Waals surface area contributed by atoms with Crippen LogP contribution in [0.15, 0.2) is 29.2 Å². The molecule has 2 atom stereocenters. The van der Waals surface area contributed by atoms with E-state index >= 15 is 0 Å². The quantitative estimate of drug-likeness (QED) is 0.857. The number of nitrogens with one attached hydrogen (secondary N) is 1. The minimum atomic E-state index is -0.878. The van der Waals surface area contributed by atoms with E-state index in [2.05, 4.69) is 31.3 Å². The maximum Gasteiger partial charge on any atom is 0.0545 e. The summed E-state index contributed by atoms with van der Waals surface area (Å²) in [5, 5.41) is 3.30. The van der Waals surface area contributed by atoms with Gasteiger partial charge < -0.3 is 5.32 Å². The summed E-state index contributed by atoms with van der Waals surface area (Å²) in [6.07, 6.45) is 2.57. The fourth-order valence-electron chi connectivity index (χ4n) is 2.22. The normalized spacial score (nSPS) is 18.9. The fourth-order valence-corrected chi connectivity index (χ4v) is 3.61. The van der Waals surface area contributed by atoms with Gasteiger partial charge in [-0.2, -0.15) is 0 Å². The predicted octanol–water partition coefficient (Wildman–Crippen LogP) is 2.92. The van der Waals surface area contributed by atoms with Crippen LogP contribution in [0.4, 0.5) is 0 Å². The van der Waals surface area contributed by atoms with Crippen LogP contribution in [0, 0.1) is 5.92 Å². The molecule has 0 saturated heterocycles. The van der Waals surface area contributed by atoms with E-state index in [0.29, 0.717) is 12.0 Å². The number of hydrogen-bond donors (Lipinski definition) is 1. The summed E-state index contributed by atoms with van der Waals surface area (Å²) in [5.74, 6) is 2.01. The minimum absolute atomic E-state index is 0.413. The fraction of sp³-hybridized carbons (Fsp3) is 0.600. The number of rotatable bonds is 6. The van der Waals surface area contributed by atoms with Gasteiger partial charge in [0.1, 0.15) is 0 Å². The molecule has 2 nitrogen and oxygen atoms in total. The van der Waals surface area contributed by atoms with Crippen molar-refractivity contribution in [3.05, 3.63) is 29.8 Å². The zero-order chi connectivity index (χ0) is 13.1. The lowest BCUT2D eigenvalue weighted by Gasteiger charge is -2.15. The van der Waals surface area contributed by atoms with Gasteiger partial charge in [0, 0.05) is 16.7 Å². The highest BCUT2D eigenvalue weighted by Crippen LogP contribution is 2.33. The molecule has 1 aliphatic rings. The third-order valence-corrected chi connectivity index (χ3v) is 5.16. The lowest BCUT2D eigenvalue weighted by Crippen LogP contribution is -2.33. The highest BCUT2D eigenvalue weighted by molar-refractivity contribution is 7.85. The lowest BCUT2D eigenvalue weighted by molar-refractivity contribution is 0.546. The monoisotopic (exact) mass is 265 g/mol. The molecule has 0 aromatic heterocycles. The minimum Gasteiger partial charge on any atom is -0.316 e. The van der Waals surface area contributed by atoms with Gasteiger partial charge in [-0.1, -0.05) is 26.0 Å². The first-order valence-electron chi connectivity index (χ1n) is 6.77. The average Bonchev–Trinajstić information content (AvgIpc) is 3.20. The van der Waals surface area contributed by atoms with Crippen molar-refractivity contribution in [2.75, 3.05) is 12.8 Å². The maximum atomic E-state index is 12.3. The van der Waals surface area contributed by atoms with Crippen molar-refractivity contribution < 1.29 is 4.21 Å². The molecule has 0 spiro atoms.